The number of esters is 1. The minimum atomic E-state index is -0.800. The minimum absolute atomic E-state index is 0.0674. The van der Waals surface area contributed by atoms with Crippen molar-refractivity contribution in [3.05, 3.63) is 80.5 Å². The van der Waals surface area contributed by atoms with Crippen LogP contribution >= 0.6 is 49.9 Å². The lowest BCUT2D eigenvalue weighted by Crippen LogP contribution is -2.40. The van der Waals surface area contributed by atoms with Gasteiger partial charge in [-0.3, -0.25) is 9.36 Å². The van der Waals surface area contributed by atoms with Gasteiger partial charge in [-0.15, -0.1) is 0 Å². The Kier molecular flexibility index (Phi) is 8.68. The molecule has 3 aromatic rings. The first-order valence-corrected chi connectivity index (χ1v) is 14.5. The molecule has 4 rings (SSSR count). The van der Waals surface area contributed by atoms with Crippen LogP contribution in [-0.2, 0) is 9.53 Å². The van der Waals surface area contributed by atoms with Crippen molar-refractivity contribution in [2.75, 3.05) is 13.7 Å². The lowest BCUT2D eigenvalue weighted by atomic mass is 9.95. The number of allylic oxidation sites excluding steroid dienone is 1. The number of phenolic OH excluding ortho intramolecular Hbond substituents is 1. The van der Waals surface area contributed by atoms with Gasteiger partial charge in [0.2, 0.25) is 0 Å². The molecule has 1 aromatic heterocycles. The first-order valence-electron chi connectivity index (χ1n) is 11.8. The van der Waals surface area contributed by atoms with Crippen LogP contribution < -0.4 is 24.4 Å². The zero-order valence-corrected chi connectivity index (χ0v) is 25.9. The number of aromatic hydroxyl groups is 1. The Labute approximate surface area is 245 Å². The van der Waals surface area contributed by atoms with Gasteiger partial charge in [0.05, 0.1) is 45.2 Å². The molecule has 0 aliphatic carbocycles. The molecule has 1 atom stereocenters. The molecule has 2 heterocycles. The molecule has 0 saturated heterocycles. The number of phenols is 1. The Morgan fingerprint density at radius 3 is 2.68 bits per heavy atom. The third kappa shape index (κ3) is 5.55. The van der Waals surface area contributed by atoms with Gasteiger partial charge in [-0.05, 0) is 86.2 Å². The summed E-state index contributed by atoms with van der Waals surface area (Å²) in [7, 11) is 1.54. The predicted molar refractivity (Wildman–Crippen MR) is 158 cm³/mol. The normalized spacial score (nSPS) is 15.4. The average molecular weight is 713 g/mol. The smallest absolute Gasteiger partial charge is 0.338 e. The van der Waals surface area contributed by atoms with E-state index in [0.717, 1.165) is 4.47 Å². The number of methoxy groups -OCH3 is 1. The van der Waals surface area contributed by atoms with Crippen molar-refractivity contribution in [3.8, 4) is 17.2 Å². The second-order valence-corrected chi connectivity index (χ2v) is 11.8. The van der Waals surface area contributed by atoms with Gasteiger partial charge in [0.25, 0.3) is 5.56 Å². The molecule has 8 nitrogen and oxygen atoms in total. The maximum atomic E-state index is 13.8. The Hall–Kier alpha value is -2.64. The fourth-order valence-corrected chi connectivity index (χ4v) is 6.74. The number of nitrogens with zero attached hydrogens (tertiary/aromatic N) is 2. The van der Waals surface area contributed by atoms with Gasteiger partial charge in [-0.1, -0.05) is 33.3 Å². The highest BCUT2D eigenvalue weighted by Crippen LogP contribution is 2.36. The van der Waals surface area contributed by atoms with Crippen molar-refractivity contribution < 1.29 is 24.1 Å². The number of thiazole rings is 1. The number of hydrogen-bond donors (Lipinski definition) is 1. The zero-order valence-electron chi connectivity index (χ0n) is 21.4. The molecule has 1 aliphatic heterocycles. The second kappa shape index (κ2) is 11.6. The van der Waals surface area contributed by atoms with Crippen molar-refractivity contribution in [2.24, 2.45) is 4.99 Å². The van der Waals surface area contributed by atoms with Crippen LogP contribution in [0.25, 0.3) is 6.08 Å². The van der Waals surface area contributed by atoms with Crippen molar-refractivity contribution in [2.45, 2.75) is 39.8 Å². The van der Waals surface area contributed by atoms with Gasteiger partial charge in [0.15, 0.2) is 16.3 Å². The maximum absolute atomic E-state index is 13.8. The first kappa shape index (κ1) is 28.4. The number of carbonyl (C=O) groups excluding carboxylic acids is 1. The molecule has 0 saturated carbocycles. The highest BCUT2D eigenvalue weighted by molar-refractivity contribution is 14.1. The summed E-state index contributed by atoms with van der Waals surface area (Å²) in [6.07, 6.45) is 1.56. The third-order valence-corrected chi connectivity index (χ3v) is 7.99. The summed E-state index contributed by atoms with van der Waals surface area (Å²) < 4.78 is 20.1. The first-order chi connectivity index (χ1) is 18.0. The van der Waals surface area contributed by atoms with Crippen LogP contribution in [0.5, 0.6) is 17.2 Å². The average Bonchev–Trinajstić information content (AvgIpc) is 3.15. The van der Waals surface area contributed by atoms with Gasteiger partial charge in [-0.25, -0.2) is 9.79 Å². The molecule has 38 heavy (non-hydrogen) atoms. The molecule has 200 valence electrons. The third-order valence-electron chi connectivity index (χ3n) is 5.73. The topological polar surface area (TPSA) is 99.4 Å². The maximum Gasteiger partial charge on any atom is 0.338 e. The molecule has 0 bridgehead atoms. The molecule has 1 N–H and O–H groups in total. The number of fused-ring (bicyclic) bond motifs is 1. The van der Waals surface area contributed by atoms with E-state index in [1.54, 1.807) is 44.2 Å². The SMILES string of the molecule is CCOC(=O)C1=C(C)N=c2s/c(=C/c3cc(Br)cc(I)c3O)c(=O)n2[C@@H]1c1ccc(OC(C)C)c(OC)c1. The summed E-state index contributed by atoms with van der Waals surface area (Å²) in [5.74, 6) is 0.556. The van der Waals surface area contributed by atoms with Gasteiger partial charge in [-0.2, -0.15) is 0 Å². The van der Waals surface area contributed by atoms with Crippen molar-refractivity contribution in [1.82, 2.24) is 4.57 Å². The van der Waals surface area contributed by atoms with Crippen molar-refractivity contribution in [3.63, 3.8) is 0 Å². The Morgan fingerprint density at radius 1 is 1.29 bits per heavy atom. The molecule has 0 radical (unpaired) electrons. The Balaban J connectivity index is 1.97. The second-order valence-electron chi connectivity index (χ2n) is 8.70. The van der Waals surface area contributed by atoms with E-state index in [0.29, 0.717) is 41.2 Å². The molecule has 11 heteroatoms. The van der Waals surface area contributed by atoms with Crippen molar-refractivity contribution >= 4 is 61.9 Å². The van der Waals surface area contributed by atoms with E-state index in [1.165, 1.54) is 23.0 Å². The lowest BCUT2D eigenvalue weighted by molar-refractivity contribution is -0.139. The number of halogens is 2. The van der Waals surface area contributed by atoms with Crippen LogP contribution in [0.15, 0.2) is 55.9 Å². The highest BCUT2D eigenvalue weighted by Gasteiger charge is 2.34. The Bertz CT molecular complexity index is 1630. The van der Waals surface area contributed by atoms with Crippen LogP contribution in [0.1, 0.15) is 44.9 Å². The summed E-state index contributed by atoms with van der Waals surface area (Å²) in [5, 5.41) is 10.6. The quantitative estimate of drug-likeness (QED) is 0.283. The van der Waals surface area contributed by atoms with Crippen LogP contribution in [0.4, 0.5) is 0 Å². The predicted octanol–water partition coefficient (Wildman–Crippen LogP) is 4.67. The lowest BCUT2D eigenvalue weighted by Gasteiger charge is -2.25. The minimum Gasteiger partial charge on any atom is -0.506 e. The fourth-order valence-electron chi connectivity index (χ4n) is 4.15. The van der Waals surface area contributed by atoms with E-state index in [-0.39, 0.29) is 29.6 Å². The molecule has 0 spiro atoms. The highest BCUT2D eigenvalue weighted by atomic mass is 127. The molecular formula is C27H26BrIN2O6S. The number of hydrogen-bond acceptors (Lipinski definition) is 8. The molecule has 0 amide bonds. The number of carbonyl (C=O) groups is 1. The monoisotopic (exact) mass is 712 g/mol. The summed E-state index contributed by atoms with van der Waals surface area (Å²) in [6.45, 7) is 7.47. The standard InChI is InChI=1S/C27H26BrIN2O6S/c1-6-36-26(34)22-14(4)30-27-31(23(22)15-7-8-19(37-13(2)3)20(10-15)35-5)25(33)21(38-27)11-16-9-17(28)12-18(29)24(16)32/h7-13,23,32H,6H2,1-5H3/b21-11+/t23-/m1/s1. The molecule has 1 aliphatic rings. The molecular weight excluding hydrogens is 687 g/mol. The van der Waals surface area contributed by atoms with E-state index in [9.17, 15) is 14.7 Å². The number of benzene rings is 2. The summed E-state index contributed by atoms with van der Waals surface area (Å²) in [5.41, 5.74) is 1.52. The van der Waals surface area contributed by atoms with E-state index >= 15 is 0 Å². The van der Waals surface area contributed by atoms with Crippen LogP contribution in [-0.4, -0.2) is 35.5 Å². The van der Waals surface area contributed by atoms with Gasteiger partial charge in [0, 0.05) is 10.0 Å². The molecule has 0 unspecified atom stereocenters. The number of ether oxygens (including phenoxy) is 3. The van der Waals surface area contributed by atoms with Gasteiger partial charge >= 0.3 is 5.97 Å². The van der Waals surface area contributed by atoms with E-state index in [2.05, 4.69) is 20.9 Å². The Morgan fingerprint density at radius 2 is 2.03 bits per heavy atom. The molecule has 0 fully saturated rings. The van der Waals surface area contributed by atoms with Crippen LogP contribution in [0, 0.1) is 3.57 Å². The number of aromatic nitrogens is 1. The number of rotatable bonds is 7. The van der Waals surface area contributed by atoms with E-state index in [4.69, 9.17) is 14.2 Å². The van der Waals surface area contributed by atoms with Crippen LogP contribution in [0.2, 0.25) is 0 Å². The summed E-state index contributed by atoms with van der Waals surface area (Å²) >= 11 is 6.66. The van der Waals surface area contributed by atoms with Gasteiger partial charge < -0.3 is 19.3 Å². The zero-order chi connectivity index (χ0) is 27.7. The van der Waals surface area contributed by atoms with Crippen LogP contribution in [0.3, 0.4) is 0 Å². The fraction of sp³-hybridized carbons (Fsp3) is 0.296. The molecule has 2 aromatic carbocycles. The van der Waals surface area contributed by atoms with Crippen molar-refractivity contribution in [1.29, 1.82) is 0 Å². The van der Waals surface area contributed by atoms with Gasteiger partial charge in [0.1, 0.15) is 5.75 Å². The van der Waals surface area contributed by atoms with E-state index < -0.39 is 12.0 Å². The summed E-state index contributed by atoms with van der Waals surface area (Å²) in [6, 6.07) is 8.06. The van der Waals surface area contributed by atoms with E-state index in [1.807, 2.05) is 42.5 Å². The summed E-state index contributed by atoms with van der Waals surface area (Å²) in [4.78, 5) is 32.0. The largest absolute Gasteiger partial charge is 0.506 e.